The first-order chi connectivity index (χ1) is 9.77. The Balaban J connectivity index is 2.00. The lowest BCUT2D eigenvalue weighted by Crippen LogP contribution is -2.42. The van der Waals surface area contributed by atoms with Crippen LogP contribution in [0, 0.1) is 0 Å². The first-order valence-corrected chi connectivity index (χ1v) is 8.42. The highest BCUT2D eigenvalue weighted by Crippen LogP contribution is 2.41. The number of fused-ring (bicyclic) bond motifs is 1. The van der Waals surface area contributed by atoms with E-state index in [0.29, 0.717) is 0 Å². The molecule has 2 N–H and O–H groups in total. The first-order valence-electron chi connectivity index (χ1n) is 7.54. The number of hydrogen-bond donors (Lipinski definition) is 1. The number of thiophene rings is 1. The maximum atomic E-state index is 6.69. The summed E-state index contributed by atoms with van der Waals surface area (Å²) in [5, 5.41) is 3.44. The second-order valence-corrected chi connectivity index (χ2v) is 6.76. The Morgan fingerprint density at radius 1 is 1.15 bits per heavy atom. The summed E-state index contributed by atoms with van der Waals surface area (Å²) in [4.78, 5) is 0. The van der Waals surface area contributed by atoms with Gasteiger partial charge in [0.05, 0.1) is 11.6 Å². The molecule has 0 saturated heterocycles. The van der Waals surface area contributed by atoms with Gasteiger partial charge in [-0.2, -0.15) is 0 Å². The third-order valence-corrected chi connectivity index (χ3v) is 5.75. The van der Waals surface area contributed by atoms with Gasteiger partial charge in [-0.15, -0.1) is 11.3 Å². The minimum atomic E-state index is -0.186. The van der Waals surface area contributed by atoms with Crippen LogP contribution in [0.2, 0.25) is 0 Å². The minimum absolute atomic E-state index is 0.0343. The van der Waals surface area contributed by atoms with E-state index in [0.717, 1.165) is 12.8 Å². The summed E-state index contributed by atoms with van der Waals surface area (Å²) in [6.07, 6.45) is 7.21. The largest absolute Gasteiger partial charge is 0.376 e. The van der Waals surface area contributed by atoms with Crippen LogP contribution in [0.5, 0.6) is 0 Å². The molecule has 1 heterocycles. The lowest BCUT2D eigenvalue weighted by atomic mass is 9.82. The first kappa shape index (κ1) is 14.1. The van der Waals surface area contributed by atoms with Gasteiger partial charge in [-0.3, -0.25) is 0 Å². The quantitative estimate of drug-likeness (QED) is 0.835. The van der Waals surface area contributed by atoms with Crippen LogP contribution in [0.1, 0.15) is 50.1 Å². The van der Waals surface area contributed by atoms with Crippen LogP contribution in [0.25, 0.3) is 10.1 Å². The maximum absolute atomic E-state index is 6.69. The molecule has 1 aromatic carbocycles. The van der Waals surface area contributed by atoms with Crippen LogP contribution in [0.3, 0.4) is 0 Å². The van der Waals surface area contributed by atoms with Gasteiger partial charge < -0.3 is 10.5 Å². The fourth-order valence-electron chi connectivity index (χ4n) is 3.51. The molecule has 3 rings (SSSR count). The van der Waals surface area contributed by atoms with Gasteiger partial charge in [0.25, 0.3) is 0 Å². The fourth-order valence-corrected chi connectivity index (χ4v) is 4.47. The Morgan fingerprint density at radius 3 is 2.60 bits per heavy atom. The molecule has 1 aromatic heterocycles. The molecule has 0 aliphatic heterocycles. The maximum Gasteiger partial charge on any atom is 0.0870 e. The van der Waals surface area contributed by atoms with E-state index in [1.807, 2.05) is 7.11 Å². The number of ether oxygens (including phenoxy) is 1. The van der Waals surface area contributed by atoms with Crippen LogP contribution in [0.15, 0.2) is 29.6 Å². The molecule has 0 bridgehead atoms. The highest BCUT2D eigenvalue weighted by Gasteiger charge is 2.38. The number of benzene rings is 1. The third kappa shape index (κ3) is 2.39. The smallest absolute Gasteiger partial charge is 0.0870 e. The summed E-state index contributed by atoms with van der Waals surface area (Å²) in [6, 6.07) is 8.59. The summed E-state index contributed by atoms with van der Waals surface area (Å²) in [6.45, 7) is 0. The minimum Gasteiger partial charge on any atom is -0.376 e. The molecule has 2 nitrogen and oxygen atoms in total. The number of methoxy groups -OCH3 is 1. The monoisotopic (exact) mass is 289 g/mol. The standard InChI is InChI=1S/C17H23NOS/c1-19-17(10-4-2-3-5-11-17)16(18)14-8-6-7-13-9-12-20-15(13)14/h6-9,12,16H,2-5,10-11,18H2,1H3. The average Bonchev–Trinajstić information content (AvgIpc) is 2.83. The topological polar surface area (TPSA) is 35.2 Å². The van der Waals surface area contributed by atoms with Crippen molar-refractivity contribution in [3.8, 4) is 0 Å². The van der Waals surface area contributed by atoms with Gasteiger partial charge >= 0.3 is 0 Å². The van der Waals surface area contributed by atoms with Crippen LogP contribution >= 0.6 is 11.3 Å². The molecule has 1 fully saturated rings. The van der Waals surface area contributed by atoms with Crippen molar-refractivity contribution in [2.24, 2.45) is 5.73 Å². The third-order valence-electron chi connectivity index (χ3n) is 4.77. The zero-order valence-corrected chi connectivity index (χ0v) is 12.9. The second-order valence-electron chi connectivity index (χ2n) is 5.85. The van der Waals surface area contributed by atoms with Gasteiger partial charge in [0, 0.05) is 11.8 Å². The van der Waals surface area contributed by atoms with Crippen LogP contribution in [-0.4, -0.2) is 12.7 Å². The van der Waals surface area contributed by atoms with E-state index in [1.54, 1.807) is 11.3 Å². The number of rotatable bonds is 3. The van der Waals surface area contributed by atoms with E-state index in [2.05, 4.69) is 29.6 Å². The van der Waals surface area contributed by atoms with Gasteiger partial charge in [-0.1, -0.05) is 43.9 Å². The summed E-state index contributed by atoms with van der Waals surface area (Å²) in [7, 11) is 1.83. The normalized spacial score (nSPS) is 20.7. The van der Waals surface area contributed by atoms with Crippen molar-refractivity contribution < 1.29 is 4.74 Å². The van der Waals surface area contributed by atoms with E-state index < -0.39 is 0 Å². The van der Waals surface area contributed by atoms with Crippen LogP contribution < -0.4 is 5.73 Å². The van der Waals surface area contributed by atoms with Gasteiger partial charge in [0.1, 0.15) is 0 Å². The molecule has 20 heavy (non-hydrogen) atoms. The molecule has 1 unspecified atom stereocenters. The molecule has 0 radical (unpaired) electrons. The molecule has 1 aliphatic rings. The van der Waals surface area contributed by atoms with E-state index in [4.69, 9.17) is 10.5 Å². The van der Waals surface area contributed by atoms with Crippen molar-refractivity contribution in [3.05, 3.63) is 35.2 Å². The molecule has 0 spiro atoms. The summed E-state index contributed by atoms with van der Waals surface area (Å²) < 4.78 is 7.30. The van der Waals surface area contributed by atoms with Gasteiger partial charge in [-0.25, -0.2) is 0 Å². The molecular formula is C17H23NOS. The summed E-state index contributed by atoms with van der Waals surface area (Å²) in [5.74, 6) is 0. The second kappa shape index (κ2) is 5.84. The van der Waals surface area contributed by atoms with E-state index in [-0.39, 0.29) is 11.6 Å². The van der Waals surface area contributed by atoms with E-state index in [9.17, 15) is 0 Å². The summed E-state index contributed by atoms with van der Waals surface area (Å²) >= 11 is 1.79. The van der Waals surface area contributed by atoms with Gasteiger partial charge in [-0.05, 0) is 35.2 Å². The molecule has 1 saturated carbocycles. The molecule has 0 amide bonds. The van der Waals surface area contributed by atoms with Crippen molar-refractivity contribution in [2.45, 2.75) is 50.2 Å². The predicted molar refractivity (Wildman–Crippen MR) is 86.2 cm³/mol. The van der Waals surface area contributed by atoms with Gasteiger partial charge in [0.15, 0.2) is 0 Å². The van der Waals surface area contributed by atoms with Crippen molar-refractivity contribution >= 4 is 21.4 Å². The Labute approximate surface area is 124 Å². The molecule has 108 valence electrons. The number of hydrogen-bond acceptors (Lipinski definition) is 3. The van der Waals surface area contributed by atoms with Gasteiger partial charge in [0.2, 0.25) is 0 Å². The molecule has 3 heteroatoms. The van der Waals surface area contributed by atoms with Crippen LogP contribution in [0.4, 0.5) is 0 Å². The van der Waals surface area contributed by atoms with E-state index >= 15 is 0 Å². The Hall–Kier alpha value is -0.900. The zero-order valence-electron chi connectivity index (χ0n) is 12.1. The highest BCUT2D eigenvalue weighted by atomic mass is 32.1. The van der Waals surface area contributed by atoms with Crippen LogP contribution in [-0.2, 0) is 4.74 Å². The predicted octanol–water partition coefficient (Wildman–Crippen LogP) is 4.64. The lowest BCUT2D eigenvalue weighted by Gasteiger charge is -2.37. The van der Waals surface area contributed by atoms with Crippen molar-refractivity contribution in [1.29, 1.82) is 0 Å². The van der Waals surface area contributed by atoms with Crippen molar-refractivity contribution in [3.63, 3.8) is 0 Å². The highest BCUT2D eigenvalue weighted by molar-refractivity contribution is 7.17. The lowest BCUT2D eigenvalue weighted by molar-refractivity contribution is -0.0438. The average molecular weight is 289 g/mol. The molecular weight excluding hydrogens is 266 g/mol. The Bertz CT molecular complexity index is 569. The molecule has 1 aliphatic carbocycles. The molecule has 1 atom stereocenters. The van der Waals surface area contributed by atoms with Crippen molar-refractivity contribution in [2.75, 3.05) is 7.11 Å². The Kier molecular flexibility index (Phi) is 4.11. The zero-order chi connectivity index (χ0) is 14.0. The van der Waals surface area contributed by atoms with Crippen molar-refractivity contribution in [1.82, 2.24) is 0 Å². The SMILES string of the molecule is COC1(C(N)c2cccc3ccsc23)CCCCCC1. The fraction of sp³-hybridized carbons (Fsp3) is 0.529. The van der Waals surface area contributed by atoms with E-state index in [1.165, 1.54) is 41.3 Å². The Morgan fingerprint density at radius 2 is 1.90 bits per heavy atom. The number of nitrogens with two attached hydrogens (primary N) is 1. The molecule has 2 aromatic rings. The summed E-state index contributed by atoms with van der Waals surface area (Å²) in [5.41, 5.74) is 7.76.